The molecule has 0 radical (unpaired) electrons. The molecule has 142 valence electrons. The second-order valence-corrected chi connectivity index (χ2v) is 8.51. The molecule has 0 amide bonds. The third-order valence-corrected chi connectivity index (χ3v) is 4.64. The van der Waals surface area contributed by atoms with Gasteiger partial charge >= 0.3 is 0 Å². The number of nitrogens with one attached hydrogen (secondary N) is 2. The highest BCUT2D eigenvalue weighted by Crippen LogP contribution is 2.20. The molecular weight excluding hydrogens is 348 g/mol. The average Bonchev–Trinajstić information content (AvgIpc) is 2.50. The lowest BCUT2D eigenvalue weighted by atomic mass is 10.0. The number of rotatable bonds is 8. The molecule has 2 unspecified atom stereocenters. The molecule has 0 saturated carbocycles. The molecular formula is C17H27F2N3O2S. The zero-order valence-corrected chi connectivity index (χ0v) is 16.0. The summed E-state index contributed by atoms with van der Waals surface area (Å²) in [5.41, 5.74) is 0.408. The molecule has 1 aromatic rings. The Morgan fingerprint density at radius 3 is 2.52 bits per heavy atom. The Balaban J connectivity index is 2.70. The molecule has 0 saturated heterocycles. The smallest absolute Gasteiger partial charge is 0.191 e. The fourth-order valence-electron chi connectivity index (χ4n) is 2.24. The minimum atomic E-state index is -3.01. The SMILES string of the molecule is CCNC(=NCC(C)c1ccc(F)cc1F)NC(C)CCS(C)(=O)=O. The fraction of sp³-hybridized carbons (Fsp3) is 0.588. The van der Waals surface area contributed by atoms with Crippen molar-refractivity contribution in [3.63, 3.8) is 0 Å². The maximum absolute atomic E-state index is 13.8. The van der Waals surface area contributed by atoms with Crippen molar-refractivity contribution in [2.24, 2.45) is 4.99 Å². The van der Waals surface area contributed by atoms with Crippen LogP contribution in [0.2, 0.25) is 0 Å². The molecule has 8 heteroatoms. The number of nitrogens with zero attached hydrogens (tertiary/aromatic N) is 1. The van der Waals surface area contributed by atoms with Crippen LogP contribution in [0.15, 0.2) is 23.2 Å². The topological polar surface area (TPSA) is 70.6 Å². The maximum atomic E-state index is 13.8. The number of sulfone groups is 1. The van der Waals surface area contributed by atoms with E-state index in [9.17, 15) is 17.2 Å². The van der Waals surface area contributed by atoms with Crippen molar-refractivity contribution < 1.29 is 17.2 Å². The van der Waals surface area contributed by atoms with Gasteiger partial charge in [0.2, 0.25) is 0 Å². The maximum Gasteiger partial charge on any atom is 0.191 e. The van der Waals surface area contributed by atoms with Gasteiger partial charge in [0.1, 0.15) is 21.5 Å². The summed E-state index contributed by atoms with van der Waals surface area (Å²) in [6, 6.07) is 3.45. The molecule has 0 aliphatic carbocycles. The molecule has 0 aliphatic heterocycles. The number of halogens is 2. The average molecular weight is 375 g/mol. The number of guanidine groups is 1. The van der Waals surface area contributed by atoms with Crippen molar-refractivity contribution in [3.05, 3.63) is 35.4 Å². The standard InChI is InChI=1S/C17H27F2N3O2S/c1-5-20-17(22-13(3)8-9-25(4,23)24)21-11-12(2)15-7-6-14(18)10-16(15)19/h6-7,10,12-13H,5,8-9,11H2,1-4H3,(H2,20,21,22). The van der Waals surface area contributed by atoms with Crippen LogP contribution in [0, 0.1) is 11.6 Å². The zero-order valence-electron chi connectivity index (χ0n) is 15.1. The predicted molar refractivity (Wildman–Crippen MR) is 97.7 cm³/mol. The van der Waals surface area contributed by atoms with Crippen molar-refractivity contribution in [1.29, 1.82) is 0 Å². The number of hydrogen-bond acceptors (Lipinski definition) is 3. The first-order valence-corrected chi connectivity index (χ1v) is 10.4. The Morgan fingerprint density at radius 1 is 1.28 bits per heavy atom. The van der Waals surface area contributed by atoms with E-state index in [1.54, 1.807) is 0 Å². The zero-order chi connectivity index (χ0) is 19.0. The van der Waals surface area contributed by atoms with Gasteiger partial charge < -0.3 is 10.6 Å². The van der Waals surface area contributed by atoms with Gasteiger partial charge in [0.05, 0.1) is 5.75 Å². The van der Waals surface area contributed by atoms with Crippen molar-refractivity contribution >= 4 is 15.8 Å². The van der Waals surface area contributed by atoms with Gasteiger partial charge in [-0.2, -0.15) is 0 Å². The van der Waals surface area contributed by atoms with E-state index in [-0.39, 0.29) is 17.7 Å². The molecule has 0 aromatic heterocycles. The van der Waals surface area contributed by atoms with Crippen LogP contribution in [0.4, 0.5) is 8.78 Å². The summed E-state index contributed by atoms with van der Waals surface area (Å²) in [6.07, 6.45) is 1.67. The highest BCUT2D eigenvalue weighted by molar-refractivity contribution is 7.90. The number of aliphatic imine (C=N–C) groups is 1. The van der Waals surface area contributed by atoms with Crippen LogP contribution in [-0.4, -0.2) is 45.5 Å². The molecule has 0 spiro atoms. The summed E-state index contributed by atoms with van der Waals surface area (Å²) < 4.78 is 49.3. The highest BCUT2D eigenvalue weighted by Gasteiger charge is 2.13. The fourth-order valence-corrected chi connectivity index (χ4v) is 3.03. The molecule has 2 N–H and O–H groups in total. The first-order valence-electron chi connectivity index (χ1n) is 8.30. The van der Waals surface area contributed by atoms with Crippen LogP contribution < -0.4 is 10.6 Å². The van der Waals surface area contributed by atoms with Crippen LogP contribution in [0.5, 0.6) is 0 Å². The predicted octanol–water partition coefficient (Wildman–Crippen LogP) is 2.45. The molecule has 0 aliphatic rings. The van der Waals surface area contributed by atoms with Gasteiger partial charge in [0.15, 0.2) is 5.96 Å². The second-order valence-electron chi connectivity index (χ2n) is 6.25. The van der Waals surface area contributed by atoms with E-state index in [0.717, 1.165) is 6.07 Å². The van der Waals surface area contributed by atoms with Crippen molar-refractivity contribution in [1.82, 2.24) is 10.6 Å². The van der Waals surface area contributed by atoms with Gasteiger partial charge in [-0.15, -0.1) is 0 Å². The third kappa shape index (κ3) is 8.29. The summed E-state index contributed by atoms with van der Waals surface area (Å²) in [7, 11) is -3.01. The van der Waals surface area contributed by atoms with E-state index in [1.807, 2.05) is 20.8 Å². The van der Waals surface area contributed by atoms with Gasteiger partial charge in [-0.1, -0.05) is 13.0 Å². The third-order valence-electron chi connectivity index (χ3n) is 3.67. The molecule has 0 bridgehead atoms. The Hall–Kier alpha value is -1.70. The largest absolute Gasteiger partial charge is 0.357 e. The lowest BCUT2D eigenvalue weighted by molar-refractivity contribution is 0.559. The first-order chi connectivity index (χ1) is 11.6. The summed E-state index contributed by atoms with van der Waals surface area (Å²) in [5.74, 6) is -0.772. The van der Waals surface area contributed by atoms with Gasteiger partial charge in [0.25, 0.3) is 0 Å². The molecule has 2 atom stereocenters. The van der Waals surface area contributed by atoms with Crippen molar-refractivity contribution in [2.45, 2.75) is 39.2 Å². The molecule has 0 fully saturated rings. The van der Waals surface area contributed by atoms with E-state index in [2.05, 4.69) is 15.6 Å². The summed E-state index contributed by atoms with van der Waals surface area (Å²) in [5, 5.41) is 6.22. The Kier molecular flexibility index (Phi) is 8.28. The van der Waals surface area contributed by atoms with Crippen LogP contribution >= 0.6 is 0 Å². The van der Waals surface area contributed by atoms with Crippen molar-refractivity contribution in [3.8, 4) is 0 Å². The molecule has 5 nitrogen and oxygen atoms in total. The van der Waals surface area contributed by atoms with E-state index >= 15 is 0 Å². The van der Waals surface area contributed by atoms with Gasteiger partial charge in [0, 0.05) is 37.4 Å². The Bertz CT molecular complexity index is 693. The quantitative estimate of drug-likeness (QED) is 0.541. The first kappa shape index (κ1) is 21.3. The number of hydrogen-bond donors (Lipinski definition) is 2. The van der Waals surface area contributed by atoms with E-state index in [4.69, 9.17) is 0 Å². The number of benzene rings is 1. The van der Waals surface area contributed by atoms with Crippen LogP contribution in [0.1, 0.15) is 38.7 Å². The monoisotopic (exact) mass is 375 g/mol. The van der Waals surface area contributed by atoms with Gasteiger partial charge in [-0.25, -0.2) is 17.2 Å². The van der Waals surface area contributed by atoms with E-state index in [1.165, 1.54) is 18.4 Å². The molecule has 1 aromatic carbocycles. The van der Waals surface area contributed by atoms with E-state index in [0.29, 0.717) is 31.0 Å². The highest BCUT2D eigenvalue weighted by atomic mass is 32.2. The van der Waals surface area contributed by atoms with E-state index < -0.39 is 21.5 Å². The van der Waals surface area contributed by atoms with Crippen LogP contribution in [0.25, 0.3) is 0 Å². The summed E-state index contributed by atoms with van der Waals surface area (Å²) in [4.78, 5) is 4.42. The Labute approximate surface area is 148 Å². The summed E-state index contributed by atoms with van der Waals surface area (Å²) >= 11 is 0. The molecule has 25 heavy (non-hydrogen) atoms. The lowest BCUT2D eigenvalue weighted by Crippen LogP contribution is -2.43. The second kappa shape index (κ2) is 9.70. The lowest BCUT2D eigenvalue weighted by Gasteiger charge is -2.18. The minimum absolute atomic E-state index is 0.0783. The van der Waals surface area contributed by atoms with Crippen molar-refractivity contribution in [2.75, 3.05) is 25.1 Å². The summed E-state index contributed by atoms with van der Waals surface area (Å²) in [6.45, 7) is 6.57. The molecule has 0 heterocycles. The van der Waals surface area contributed by atoms with Gasteiger partial charge in [-0.3, -0.25) is 4.99 Å². The van der Waals surface area contributed by atoms with Crippen LogP contribution in [0.3, 0.4) is 0 Å². The normalized spacial score (nSPS) is 14.9. The van der Waals surface area contributed by atoms with Crippen LogP contribution in [-0.2, 0) is 9.84 Å². The Morgan fingerprint density at radius 2 is 1.96 bits per heavy atom. The molecule has 1 rings (SSSR count). The minimum Gasteiger partial charge on any atom is -0.357 e. The van der Waals surface area contributed by atoms with Gasteiger partial charge in [-0.05, 0) is 31.9 Å².